The van der Waals surface area contributed by atoms with Gasteiger partial charge in [0.25, 0.3) is 10.0 Å². The highest BCUT2D eigenvalue weighted by atomic mass is 32.2. The molecule has 2 aromatic rings. The highest BCUT2D eigenvalue weighted by Crippen LogP contribution is 2.09. The van der Waals surface area contributed by atoms with Gasteiger partial charge >= 0.3 is 0 Å². The zero-order valence-electron chi connectivity index (χ0n) is 10.5. The number of pyridine rings is 1. The van der Waals surface area contributed by atoms with Gasteiger partial charge in [0.2, 0.25) is 0 Å². The molecule has 0 aliphatic rings. The number of hydrogen-bond acceptors (Lipinski definition) is 5. The fraction of sp³-hybridized carbons (Fsp3) is 0.250. The highest BCUT2D eigenvalue weighted by Gasteiger charge is 2.15. The van der Waals surface area contributed by atoms with E-state index >= 15 is 0 Å². The molecule has 3 N–H and O–H groups in total. The number of aryl methyl sites for hydroxylation is 1. The minimum Gasteiger partial charge on any atom is -0.465 e. The van der Waals surface area contributed by atoms with Crippen LogP contribution in [0.5, 0.6) is 0 Å². The minimum absolute atomic E-state index is 0.0343. The average Bonchev–Trinajstić information content (AvgIpc) is 2.82. The molecular formula is C12H15N3O3S. The summed E-state index contributed by atoms with van der Waals surface area (Å²) >= 11 is 0. The molecule has 0 bridgehead atoms. The van der Waals surface area contributed by atoms with Gasteiger partial charge in [-0.3, -0.25) is 0 Å². The lowest BCUT2D eigenvalue weighted by Crippen LogP contribution is -2.24. The first-order valence-corrected chi connectivity index (χ1v) is 7.19. The number of rotatable bonds is 5. The quantitative estimate of drug-likeness (QED) is 0.849. The van der Waals surface area contributed by atoms with Crippen LogP contribution in [0.15, 0.2) is 39.9 Å². The molecule has 19 heavy (non-hydrogen) atoms. The van der Waals surface area contributed by atoms with Gasteiger partial charge in [0.05, 0.1) is 6.54 Å². The molecule has 0 spiro atoms. The molecule has 0 unspecified atom stereocenters. The van der Waals surface area contributed by atoms with E-state index < -0.39 is 10.0 Å². The van der Waals surface area contributed by atoms with Crippen molar-refractivity contribution >= 4 is 10.0 Å². The molecule has 0 radical (unpaired) electrons. The van der Waals surface area contributed by atoms with Crippen LogP contribution in [0.2, 0.25) is 0 Å². The number of hydrogen-bond donors (Lipinski definition) is 2. The highest BCUT2D eigenvalue weighted by molar-refractivity contribution is 7.89. The van der Waals surface area contributed by atoms with Crippen molar-refractivity contribution in [2.75, 3.05) is 0 Å². The van der Waals surface area contributed by atoms with Crippen molar-refractivity contribution < 1.29 is 12.8 Å². The molecule has 6 nitrogen and oxygen atoms in total. The smallest absolute Gasteiger partial charge is 0.258 e. The molecule has 0 amide bonds. The topological polar surface area (TPSA) is 98.2 Å². The Hall–Kier alpha value is -1.70. The fourth-order valence-electron chi connectivity index (χ4n) is 1.51. The van der Waals surface area contributed by atoms with Crippen molar-refractivity contribution in [3.8, 4) is 0 Å². The molecule has 0 saturated heterocycles. The van der Waals surface area contributed by atoms with Gasteiger partial charge in [-0.2, -0.15) is 0 Å². The van der Waals surface area contributed by atoms with Gasteiger partial charge in [0.1, 0.15) is 11.5 Å². The molecule has 2 rings (SSSR count). The third kappa shape index (κ3) is 3.40. The molecule has 2 aromatic heterocycles. The number of nitrogens with zero attached hydrogens (tertiary/aromatic N) is 1. The standard InChI is InChI=1S/C12H15N3O3S/c1-9-2-4-11(18-9)8-15-19(16,17)12-5-3-10(6-13)7-14-12/h2-5,7,15H,6,8,13H2,1H3. The normalized spacial score (nSPS) is 11.7. The Labute approximate surface area is 111 Å². The minimum atomic E-state index is -3.64. The number of nitrogens with one attached hydrogen (secondary N) is 1. The van der Waals surface area contributed by atoms with E-state index in [1.165, 1.54) is 12.3 Å². The Kier molecular flexibility index (Phi) is 3.98. The van der Waals surface area contributed by atoms with Crippen LogP contribution in [0.3, 0.4) is 0 Å². The second-order valence-corrected chi connectivity index (χ2v) is 5.76. The van der Waals surface area contributed by atoms with Crippen LogP contribution in [0.4, 0.5) is 0 Å². The summed E-state index contributed by atoms with van der Waals surface area (Å²) in [5.41, 5.74) is 6.21. The summed E-state index contributed by atoms with van der Waals surface area (Å²) in [7, 11) is -3.64. The molecular weight excluding hydrogens is 266 g/mol. The van der Waals surface area contributed by atoms with Crippen LogP contribution >= 0.6 is 0 Å². The summed E-state index contributed by atoms with van der Waals surface area (Å²) in [6, 6.07) is 6.57. The zero-order valence-corrected chi connectivity index (χ0v) is 11.3. The zero-order chi connectivity index (χ0) is 13.9. The molecule has 0 aliphatic heterocycles. The molecule has 0 aromatic carbocycles. The lowest BCUT2D eigenvalue weighted by Gasteiger charge is -2.05. The first-order valence-electron chi connectivity index (χ1n) is 5.71. The first-order chi connectivity index (χ1) is 9.01. The number of furan rings is 1. The van der Waals surface area contributed by atoms with E-state index in [9.17, 15) is 8.42 Å². The Balaban J connectivity index is 2.09. The lowest BCUT2D eigenvalue weighted by atomic mass is 10.3. The van der Waals surface area contributed by atoms with Gasteiger partial charge in [0, 0.05) is 12.7 Å². The SMILES string of the molecule is Cc1ccc(CNS(=O)(=O)c2ccc(CN)cn2)o1. The van der Waals surface area contributed by atoms with Crippen LogP contribution in [0, 0.1) is 6.92 Å². The largest absolute Gasteiger partial charge is 0.465 e. The third-order valence-electron chi connectivity index (χ3n) is 2.54. The Bertz CT molecular complexity index is 647. The van der Waals surface area contributed by atoms with E-state index in [4.69, 9.17) is 10.2 Å². The summed E-state index contributed by atoms with van der Waals surface area (Å²) in [5, 5.41) is -0.0343. The van der Waals surface area contributed by atoms with Gasteiger partial charge in [-0.1, -0.05) is 6.07 Å². The predicted octanol–water partition coefficient (Wildman–Crippen LogP) is 0.920. The van der Waals surface area contributed by atoms with Crippen LogP contribution < -0.4 is 10.5 Å². The maximum absolute atomic E-state index is 12.0. The van der Waals surface area contributed by atoms with Crippen molar-refractivity contribution in [1.29, 1.82) is 0 Å². The second kappa shape index (κ2) is 5.52. The lowest BCUT2D eigenvalue weighted by molar-refractivity contribution is 0.475. The van der Waals surface area contributed by atoms with Crippen molar-refractivity contribution in [3.05, 3.63) is 47.5 Å². The Morgan fingerprint density at radius 2 is 2.11 bits per heavy atom. The second-order valence-electron chi connectivity index (χ2n) is 4.05. The van der Waals surface area contributed by atoms with E-state index in [2.05, 4.69) is 9.71 Å². The van der Waals surface area contributed by atoms with Gasteiger partial charge in [-0.05, 0) is 30.7 Å². The molecule has 0 aliphatic carbocycles. The van der Waals surface area contributed by atoms with E-state index in [0.29, 0.717) is 12.3 Å². The van der Waals surface area contributed by atoms with E-state index in [1.807, 2.05) is 0 Å². The average molecular weight is 281 g/mol. The predicted molar refractivity (Wildman–Crippen MR) is 69.6 cm³/mol. The monoisotopic (exact) mass is 281 g/mol. The molecule has 102 valence electrons. The first kappa shape index (κ1) is 13.7. The van der Waals surface area contributed by atoms with Crippen molar-refractivity contribution in [2.24, 2.45) is 5.73 Å². The molecule has 7 heteroatoms. The number of nitrogens with two attached hydrogens (primary N) is 1. The summed E-state index contributed by atoms with van der Waals surface area (Å²) in [6.45, 7) is 2.22. The third-order valence-corrected chi connectivity index (χ3v) is 3.86. The summed E-state index contributed by atoms with van der Waals surface area (Å²) in [4.78, 5) is 3.88. The molecule has 2 heterocycles. The summed E-state index contributed by atoms with van der Waals surface area (Å²) < 4.78 is 31.6. The summed E-state index contributed by atoms with van der Waals surface area (Å²) in [6.07, 6.45) is 1.45. The maximum atomic E-state index is 12.0. The number of aromatic nitrogens is 1. The molecule has 0 atom stereocenters. The van der Waals surface area contributed by atoms with Crippen molar-refractivity contribution in [3.63, 3.8) is 0 Å². The Morgan fingerprint density at radius 3 is 2.63 bits per heavy atom. The van der Waals surface area contributed by atoms with Crippen LogP contribution in [0.1, 0.15) is 17.1 Å². The number of sulfonamides is 1. The summed E-state index contributed by atoms with van der Waals surface area (Å²) in [5.74, 6) is 1.29. The van der Waals surface area contributed by atoms with Crippen LogP contribution in [-0.4, -0.2) is 13.4 Å². The molecule has 0 saturated carbocycles. The van der Waals surface area contributed by atoms with E-state index in [-0.39, 0.29) is 11.6 Å². The van der Waals surface area contributed by atoms with Gasteiger partial charge < -0.3 is 10.2 Å². The van der Waals surface area contributed by atoms with Crippen molar-refractivity contribution in [1.82, 2.24) is 9.71 Å². The van der Waals surface area contributed by atoms with E-state index in [0.717, 1.165) is 11.3 Å². The van der Waals surface area contributed by atoms with Gasteiger partial charge in [-0.15, -0.1) is 0 Å². The molecule has 0 fully saturated rings. The van der Waals surface area contributed by atoms with Crippen LogP contribution in [0.25, 0.3) is 0 Å². The van der Waals surface area contributed by atoms with Gasteiger partial charge in [-0.25, -0.2) is 18.1 Å². The van der Waals surface area contributed by atoms with Gasteiger partial charge in [0.15, 0.2) is 5.03 Å². The fourth-order valence-corrected chi connectivity index (χ4v) is 2.43. The van der Waals surface area contributed by atoms with Crippen molar-refractivity contribution in [2.45, 2.75) is 25.0 Å². The Morgan fingerprint density at radius 1 is 1.32 bits per heavy atom. The van der Waals surface area contributed by atoms with Crippen LogP contribution in [-0.2, 0) is 23.1 Å². The van der Waals surface area contributed by atoms with E-state index in [1.54, 1.807) is 25.1 Å². The maximum Gasteiger partial charge on any atom is 0.258 e.